The van der Waals surface area contributed by atoms with Crippen LogP contribution in [-0.4, -0.2) is 61.3 Å². The molecule has 19 heavy (non-hydrogen) atoms. The lowest BCUT2D eigenvalue weighted by atomic mass is 10.2. The van der Waals surface area contributed by atoms with Crippen LogP contribution in [0.5, 0.6) is 5.75 Å². The second kappa shape index (κ2) is 6.84. The Labute approximate surface area is 113 Å². The smallest absolute Gasteiger partial charge is 0.127 e. The Morgan fingerprint density at radius 1 is 1.21 bits per heavy atom. The van der Waals surface area contributed by atoms with Crippen LogP contribution in [-0.2, 0) is 6.61 Å². The number of benzene rings is 1. The van der Waals surface area contributed by atoms with Crippen molar-refractivity contribution in [3.05, 3.63) is 29.6 Å². The summed E-state index contributed by atoms with van der Waals surface area (Å²) in [7, 11) is 2.12. The van der Waals surface area contributed by atoms with Gasteiger partial charge in [-0.25, -0.2) is 4.39 Å². The standard InChI is InChI=1S/C14H21FN2O2/c1-16-2-4-17(5-3-16)6-7-19-14-9-12(11-18)8-13(15)10-14/h8-10,18H,2-7,11H2,1H3. The quantitative estimate of drug-likeness (QED) is 0.862. The van der Waals surface area contributed by atoms with E-state index in [-0.39, 0.29) is 12.4 Å². The summed E-state index contributed by atoms with van der Waals surface area (Å²) < 4.78 is 18.8. The molecule has 106 valence electrons. The van der Waals surface area contributed by atoms with Crippen LogP contribution in [0, 0.1) is 5.82 Å². The van der Waals surface area contributed by atoms with Crippen LogP contribution in [0.2, 0.25) is 0 Å². The average molecular weight is 268 g/mol. The summed E-state index contributed by atoms with van der Waals surface area (Å²) in [4.78, 5) is 4.64. The lowest BCUT2D eigenvalue weighted by molar-refractivity contribution is 0.133. The predicted octanol–water partition coefficient (Wildman–Crippen LogP) is 0.944. The monoisotopic (exact) mass is 268 g/mol. The summed E-state index contributed by atoms with van der Waals surface area (Å²) in [5.41, 5.74) is 0.537. The SMILES string of the molecule is CN1CCN(CCOc2cc(F)cc(CO)c2)CC1. The maximum absolute atomic E-state index is 13.2. The van der Waals surface area contributed by atoms with Crippen molar-refractivity contribution < 1.29 is 14.2 Å². The maximum atomic E-state index is 13.2. The first-order valence-corrected chi connectivity index (χ1v) is 6.61. The van der Waals surface area contributed by atoms with Crippen LogP contribution in [0.4, 0.5) is 4.39 Å². The third-order valence-corrected chi connectivity index (χ3v) is 3.39. The summed E-state index contributed by atoms with van der Waals surface area (Å²) >= 11 is 0. The molecule has 0 unspecified atom stereocenters. The van der Waals surface area contributed by atoms with Gasteiger partial charge in [0.1, 0.15) is 18.2 Å². The van der Waals surface area contributed by atoms with E-state index in [2.05, 4.69) is 16.8 Å². The molecule has 1 fully saturated rings. The number of hydrogen-bond donors (Lipinski definition) is 1. The largest absolute Gasteiger partial charge is 0.492 e. The number of halogens is 1. The number of ether oxygens (including phenoxy) is 1. The molecular formula is C14H21FN2O2. The van der Waals surface area contributed by atoms with Crippen molar-refractivity contribution >= 4 is 0 Å². The van der Waals surface area contributed by atoms with Crippen LogP contribution in [0.15, 0.2) is 18.2 Å². The van der Waals surface area contributed by atoms with Gasteiger partial charge in [-0.15, -0.1) is 0 Å². The summed E-state index contributed by atoms with van der Waals surface area (Å²) in [5.74, 6) is 0.110. The molecule has 0 amide bonds. The second-order valence-corrected chi connectivity index (χ2v) is 4.95. The van der Waals surface area contributed by atoms with Crippen molar-refractivity contribution in [2.24, 2.45) is 0 Å². The zero-order valence-electron chi connectivity index (χ0n) is 11.3. The van der Waals surface area contributed by atoms with Crippen LogP contribution in [0.25, 0.3) is 0 Å². The Kier molecular flexibility index (Phi) is 5.13. The topological polar surface area (TPSA) is 35.9 Å². The molecule has 1 aromatic carbocycles. The fourth-order valence-corrected chi connectivity index (χ4v) is 2.16. The Hall–Kier alpha value is -1.17. The van der Waals surface area contributed by atoms with Gasteiger partial charge in [0.15, 0.2) is 0 Å². The number of nitrogens with zero attached hydrogens (tertiary/aromatic N) is 2. The van der Waals surface area contributed by atoms with Gasteiger partial charge in [-0.3, -0.25) is 4.90 Å². The molecule has 1 N–H and O–H groups in total. The van der Waals surface area contributed by atoms with E-state index in [1.165, 1.54) is 12.1 Å². The molecular weight excluding hydrogens is 247 g/mol. The second-order valence-electron chi connectivity index (χ2n) is 4.95. The zero-order chi connectivity index (χ0) is 13.7. The summed E-state index contributed by atoms with van der Waals surface area (Å²) in [6.07, 6.45) is 0. The molecule has 1 saturated heterocycles. The molecule has 1 aliphatic rings. The highest BCUT2D eigenvalue weighted by Crippen LogP contribution is 2.16. The fraction of sp³-hybridized carbons (Fsp3) is 0.571. The molecule has 0 aliphatic carbocycles. The Morgan fingerprint density at radius 3 is 2.63 bits per heavy atom. The summed E-state index contributed by atoms with van der Waals surface area (Å²) in [6, 6.07) is 4.34. The van der Waals surface area contributed by atoms with E-state index in [0.29, 0.717) is 17.9 Å². The first kappa shape index (κ1) is 14.2. The third kappa shape index (κ3) is 4.45. The van der Waals surface area contributed by atoms with Gasteiger partial charge in [-0.1, -0.05) is 0 Å². The normalized spacial score (nSPS) is 17.6. The van der Waals surface area contributed by atoms with Gasteiger partial charge in [0.25, 0.3) is 0 Å². The number of likely N-dealkylation sites (N-methyl/N-ethyl adjacent to an activating group) is 1. The summed E-state index contributed by atoms with van der Waals surface area (Å²) in [6.45, 7) is 5.46. The minimum absolute atomic E-state index is 0.174. The molecule has 0 saturated carbocycles. The number of aliphatic hydroxyl groups is 1. The maximum Gasteiger partial charge on any atom is 0.127 e. The van der Waals surface area contributed by atoms with Gasteiger partial charge in [-0.2, -0.15) is 0 Å². The van der Waals surface area contributed by atoms with Crippen molar-refractivity contribution in [3.8, 4) is 5.75 Å². The molecule has 0 spiro atoms. The van der Waals surface area contributed by atoms with E-state index >= 15 is 0 Å². The van der Waals surface area contributed by atoms with Crippen LogP contribution in [0.3, 0.4) is 0 Å². The van der Waals surface area contributed by atoms with Crippen molar-refractivity contribution in [3.63, 3.8) is 0 Å². The average Bonchev–Trinajstić information content (AvgIpc) is 2.40. The van der Waals surface area contributed by atoms with Gasteiger partial charge in [0, 0.05) is 38.8 Å². The number of rotatable bonds is 5. The molecule has 0 aromatic heterocycles. The molecule has 1 aliphatic heterocycles. The fourth-order valence-electron chi connectivity index (χ4n) is 2.16. The highest BCUT2D eigenvalue weighted by atomic mass is 19.1. The summed E-state index contributed by atoms with van der Waals surface area (Å²) in [5, 5.41) is 9.01. The van der Waals surface area contributed by atoms with Gasteiger partial charge < -0.3 is 14.7 Å². The lowest BCUT2D eigenvalue weighted by Gasteiger charge is -2.32. The molecule has 0 bridgehead atoms. The first-order valence-electron chi connectivity index (χ1n) is 6.61. The van der Waals surface area contributed by atoms with Gasteiger partial charge >= 0.3 is 0 Å². The van der Waals surface area contributed by atoms with Gasteiger partial charge in [0.2, 0.25) is 0 Å². The highest BCUT2D eigenvalue weighted by molar-refractivity contribution is 5.29. The third-order valence-electron chi connectivity index (χ3n) is 3.39. The minimum atomic E-state index is -0.374. The van der Waals surface area contributed by atoms with E-state index in [9.17, 15) is 4.39 Å². The van der Waals surface area contributed by atoms with Crippen LogP contribution < -0.4 is 4.74 Å². The molecule has 0 atom stereocenters. The number of hydrogen-bond acceptors (Lipinski definition) is 4. The number of piperazine rings is 1. The lowest BCUT2D eigenvalue weighted by Crippen LogP contribution is -2.45. The predicted molar refractivity (Wildman–Crippen MR) is 71.8 cm³/mol. The van der Waals surface area contributed by atoms with Crippen molar-refractivity contribution in [2.45, 2.75) is 6.61 Å². The van der Waals surface area contributed by atoms with E-state index in [4.69, 9.17) is 9.84 Å². The molecule has 4 nitrogen and oxygen atoms in total. The number of aliphatic hydroxyl groups excluding tert-OH is 1. The molecule has 1 heterocycles. The minimum Gasteiger partial charge on any atom is -0.492 e. The van der Waals surface area contributed by atoms with E-state index in [1.807, 2.05) is 0 Å². The van der Waals surface area contributed by atoms with Crippen LogP contribution in [0.1, 0.15) is 5.56 Å². The molecule has 5 heteroatoms. The molecule has 2 rings (SSSR count). The first-order chi connectivity index (χ1) is 9.17. The van der Waals surface area contributed by atoms with Crippen molar-refractivity contribution in [1.29, 1.82) is 0 Å². The van der Waals surface area contributed by atoms with Crippen molar-refractivity contribution in [1.82, 2.24) is 9.80 Å². The van der Waals surface area contributed by atoms with E-state index < -0.39 is 0 Å². The van der Waals surface area contributed by atoms with E-state index in [1.54, 1.807) is 6.07 Å². The van der Waals surface area contributed by atoms with Crippen molar-refractivity contribution in [2.75, 3.05) is 46.4 Å². The zero-order valence-corrected chi connectivity index (χ0v) is 11.3. The molecule has 0 radical (unpaired) electrons. The Morgan fingerprint density at radius 2 is 1.95 bits per heavy atom. The Bertz CT molecular complexity index is 406. The van der Waals surface area contributed by atoms with Crippen LogP contribution >= 0.6 is 0 Å². The van der Waals surface area contributed by atoms with E-state index in [0.717, 1.165) is 32.7 Å². The van der Waals surface area contributed by atoms with Gasteiger partial charge in [0.05, 0.1) is 6.61 Å². The van der Waals surface area contributed by atoms with Gasteiger partial charge in [-0.05, 0) is 24.7 Å². The molecule has 1 aromatic rings. The highest BCUT2D eigenvalue weighted by Gasteiger charge is 2.13. The Balaban J connectivity index is 1.77.